The molecule has 0 aliphatic rings. The van der Waals surface area contributed by atoms with E-state index in [0.717, 1.165) is 26.1 Å². The van der Waals surface area contributed by atoms with E-state index < -0.39 is 0 Å². The van der Waals surface area contributed by atoms with Crippen LogP contribution in [0.2, 0.25) is 0 Å². The highest BCUT2D eigenvalue weighted by atomic mass is 79.9. The first-order valence-corrected chi connectivity index (χ1v) is 6.83. The molecule has 0 saturated carbocycles. The molecule has 0 aliphatic carbocycles. The van der Waals surface area contributed by atoms with Crippen LogP contribution < -0.4 is 0 Å². The zero-order chi connectivity index (χ0) is 11.8. The quantitative estimate of drug-likeness (QED) is 0.664. The molecule has 4 heteroatoms. The molecule has 2 nitrogen and oxygen atoms in total. The van der Waals surface area contributed by atoms with Crippen LogP contribution in [0, 0.1) is 6.92 Å². The highest BCUT2D eigenvalue weighted by molar-refractivity contribution is 9.10. The summed E-state index contributed by atoms with van der Waals surface area (Å²) in [5.74, 6) is 0. The first-order chi connectivity index (χ1) is 8.24. The number of pyridine rings is 1. The zero-order valence-corrected chi connectivity index (χ0v) is 11.5. The average Bonchev–Trinajstić information content (AvgIpc) is 2.75. The third-order valence-electron chi connectivity index (χ3n) is 2.50. The van der Waals surface area contributed by atoms with E-state index in [-0.39, 0.29) is 0 Å². The molecule has 1 aromatic carbocycles. The molecule has 2 heterocycles. The standard InChI is InChI=1S/C13H9BrN2S/c1-8-7-15-13(17-8)12-10(14)6-9-4-2-3-5-11(9)16-12/h2-7H,1H3. The molecular weight excluding hydrogens is 296 g/mol. The van der Waals surface area contributed by atoms with Crippen LogP contribution in [0.5, 0.6) is 0 Å². The Balaban J connectivity index is 2.26. The van der Waals surface area contributed by atoms with E-state index in [9.17, 15) is 0 Å². The molecule has 0 aliphatic heterocycles. The maximum absolute atomic E-state index is 4.66. The normalized spacial score (nSPS) is 10.9. The van der Waals surface area contributed by atoms with Crippen molar-refractivity contribution >= 4 is 38.2 Å². The van der Waals surface area contributed by atoms with E-state index in [1.54, 1.807) is 11.3 Å². The van der Waals surface area contributed by atoms with E-state index in [1.807, 2.05) is 24.4 Å². The summed E-state index contributed by atoms with van der Waals surface area (Å²) in [5, 5.41) is 2.09. The molecule has 17 heavy (non-hydrogen) atoms. The largest absolute Gasteiger partial charge is 0.244 e. The lowest BCUT2D eigenvalue weighted by Crippen LogP contribution is -1.86. The minimum Gasteiger partial charge on any atom is -0.244 e. The Morgan fingerprint density at radius 3 is 2.82 bits per heavy atom. The van der Waals surface area contributed by atoms with Crippen molar-refractivity contribution < 1.29 is 0 Å². The molecular formula is C13H9BrN2S. The number of para-hydroxylation sites is 1. The van der Waals surface area contributed by atoms with E-state index in [4.69, 9.17) is 0 Å². The van der Waals surface area contributed by atoms with Crippen LogP contribution in [0.4, 0.5) is 0 Å². The maximum atomic E-state index is 4.66. The van der Waals surface area contributed by atoms with Gasteiger partial charge in [-0.05, 0) is 35.0 Å². The molecule has 84 valence electrons. The Bertz CT molecular complexity index is 691. The summed E-state index contributed by atoms with van der Waals surface area (Å²) in [6, 6.07) is 10.2. The summed E-state index contributed by atoms with van der Waals surface area (Å²) < 4.78 is 0.991. The van der Waals surface area contributed by atoms with Crippen molar-refractivity contribution in [1.82, 2.24) is 9.97 Å². The Hall–Kier alpha value is -1.26. The van der Waals surface area contributed by atoms with Gasteiger partial charge < -0.3 is 0 Å². The van der Waals surface area contributed by atoms with Gasteiger partial charge in [-0.1, -0.05) is 18.2 Å². The van der Waals surface area contributed by atoms with Gasteiger partial charge in [-0.2, -0.15) is 0 Å². The van der Waals surface area contributed by atoms with Gasteiger partial charge in [-0.3, -0.25) is 0 Å². The summed E-state index contributed by atoms with van der Waals surface area (Å²) in [6.07, 6.45) is 1.88. The molecule has 0 saturated heterocycles. The number of halogens is 1. The smallest absolute Gasteiger partial charge is 0.143 e. The van der Waals surface area contributed by atoms with E-state index in [2.05, 4.69) is 45.0 Å². The lowest BCUT2D eigenvalue weighted by atomic mass is 10.2. The monoisotopic (exact) mass is 304 g/mol. The molecule has 2 aromatic heterocycles. The first-order valence-electron chi connectivity index (χ1n) is 5.22. The highest BCUT2D eigenvalue weighted by Crippen LogP contribution is 2.31. The summed E-state index contributed by atoms with van der Waals surface area (Å²) in [5.41, 5.74) is 1.92. The number of rotatable bonds is 1. The van der Waals surface area contributed by atoms with Crippen LogP contribution in [0.25, 0.3) is 21.6 Å². The van der Waals surface area contributed by atoms with Crippen LogP contribution in [0.3, 0.4) is 0 Å². The second-order valence-corrected chi connectivity index (χ2v) is 5.88. The van der Waals surface area contributed by atoms with Crippen LogP contribution in [-0.4, -0.2) is 9.97 Å². The van der Waals surface area contributed by atoms with Gasteiger partial charge in [0.25, 0.3) is 0 Å². The zero-order valence-electron chi connectivity index (χ0n) is 9.14. The fourth-order valence-corrected chi connectivity index (χ4v) is 3.13. The minimum atomic E-state index is 0.918. The van der Waals surface area contributed by atoms with Crippen molar-refractivity contribution in [3.05, 3.63) is 45.9 Å². The average molecular weight is 305 g/mol. The summed E-state index contributed by atoms with van der Waals surface area (Å²) >= 11 is 5.23. The molecule has 3 rings (SSSR count). The van der Waals surface area contributed by atoms with Gasteiger partial charge in [-0.15, -0.1) is 11.3 Å². The Morgan fingerprint density at radius 2 is 2.06 bits per heavy atom. The van der Waals surface area contributed by atoms with Crippen LogP contribution in [-0.2, 0) is 0 Å². The predicted octanol–water partition coefficient (Wildman–Crippen LogP) is 4.43. The second-order valence-electron chi connectivity index (χ2n) is 3.79. The van der Waals surface area contributed by atoms with Gasteiger partial charge in [0.05, 0.1) is 5.52 Å². The second kappa shape index (κ2) is 4.20. The number of benzene rings is 1. The number of aromatic nitrogens is 2. The van der Waals surface area contributed by atoms with Crippen molar-refractivity contribution in [3.8, 4) is 10.7 Å². The van der Waals surface area contributed by atoms with Gasteiger partial charge in [-0.25, -0.2) is 9.97 Å². The maximum Gasteiger partial charge on any atom is 0.143 e. The minimum absolute atomic E-state index is 0.918. The molecule has 0 radical (unpaired) electrons. The molecule has 0 atom stereocenters. The van der Waals surface area contributed by atoms with Gasteiger partial charge >= 0.3 is 0 Å². The van der Waals surface area contributed by atoms with Crippen LogP contribution in [0.1, 0.15) is 4.88 Å². The topological polar surface area (TPSA) is 25.8 Å². The van der Waals surface area contributed by atoms with Crippen molar-refractivity contribution in [2.75, 3.05) is 0 Å². The van der Waals surface area contributed by atoms with Crippen LogP contribution in [0.15, 0.2) is 41.0 Å². The van der Waals surface area contributed by atoms with E-state index in [1.165, 1.54) is 4.88 Å². The Kier molecular flexibility index (Phi) is 2.68. The van der Waals surface area contributed by atoms with E-state index in [0.29, 0.717) is 0 Å². The molecule has 3 aromatic rings. The number of fused-ring (bicyclic) bond motifs is 1. The lowest BCUT2D eigenvalue weighted by Gasteiger charge is -2.03. The third kappa shape index (κ3) is 1.98. The van der Waals surface area contributed by atoms with Gasteiger partial charge in [0.1, 0.15) is 10.7 Å². The summed E-state index contributed by atoms with van der Waals surface area (Å²) in [4.78, 5) is 10.2. The summed E-state index contributed by atoms with van der Waals surface area (Å²) in [6.45, 7) is 2.05. The van der Waals surface area contributed by atoms with Crippen molar-refractivity contribution in [2.45, 2.75) is 6.92 Å². The number of thiazole rings is 1. The number of hydrogen-bond donors (Lipinski definition) is 0. The Labute approximate surface area is 111 Å². The molecule has 0 unspecified atom stereocenters. The number of aryl methyl sites for hydroxylation is 1. The molecule has 0 fully saturated rings. The van der Waals surface area contributed by atoms with Crippen molar-refractivity contribution in [3.63, 3.8) is 0 Å². The van der Waals surface area contributed by atoms with Gasteiger partial charge in [0.2, 0.25) is 0 Å². The SMILES string of the molecule is Cc1cnc(-c2nc3ccccc3cc2Br)s1. The highest BCUT2D eigenvalue weighted by Gasteiger charge is 2.10. The van der Waals surface area contributed by atoms with Gasteiger partial charge in [0.15, 0.2) is 0 Å². The van der Waals surface area contributed by atoms with Crippen molar-refractivity contribution in [1.29, 1.82) is 0 Å². The van der Waals surface area contributed by atoms with E-state index >= 15 is 0 Å². The molecule has 0 bridgehead atoms. The lowest BCUT2D eigenvalue weighted by molar-refractivity contribution is 1.31. The van der Waals surface area contributed by atoms with Crippen molar-refractivity contribution in [2.24, 2.45) is 0 Å². The molecule has 0 N–H and O–H groups in total. The predicted molar refractivity (Wildman–Crippen MR) is 75.3 cm³/mol. The molecule has 0 amide bonds. The Morgan fingerprint density at radius 1 is 1.24 bits per heavy atom. The first kappa shape index (κ1) is 10.9. The summed E-state index contributed by atoms with van der Waals surface area (Å²) in [7, 11) is 0. The number of nitrogens with zero attached hydrogens (tertiary/aromatic N) is 2. The molecule has 0 spiro atoms. The fourth-order valence-electron chi connectivity index (χ4n) is 1.70. The number of hydrogen-bond acceptors (Lipinski definition) is 3. The third-order valence-corrected chi connectivity index (χ3v) is 4.03. The van der Waals surface area contributed by atoms with Gasteiger partial charge in [0, 0.05) is 20.9 Å². The van der Waals surface area contributed by atoms with Crippen LogP contribution >= 0.6 is 27.3 Å². The fraction of sp³-hybridized carbons (Fsp3) is 0.0769.